The number of hydrogen-bond acceptors (Lipinski definition) is 3. The van der Waals surface area contributed by atoms with Crippen molar-refractivity contribution in [1.29, 1.82) is 0 Å². The second-order valence-electron chi connectivity index (χ2n) is 4.98. The molecule has 0 fully saturated rings. The Morgan fingerprint density at radius 2 is 1.84 bits per heavy atom. The maximum Gasteiger partial charge on any atom is 0.305 e. The molecule has 0 radical (unpaired) electrons. The maximum absolute atomic E-state index is 11.0. The van der Waals surface area contributed by atoms with Crippen LogP contribution < -0.4 is 0 Å². The van der Waals surface area contributed by atoms with Crippen LogP contribution in [0.5, 0.6) is 0 Å². The zero-order valence-electron chi connectivity index (χ0n) is 12.3. The molecule has 106 valence electrons. The number of hydrogen-bond donors (Lipinski definition) is 0. The Balaban J connectivity index is 2.31. The van der Waals surface area contributed by atoms with Gasteiger partial charge in [-0.05, 0) is 37.6 Å². The molecule has 0 N–H and O–H groups in total. The van der Waals surface area contributed by atoms with Gasteiger partial charge in [0.2, 0.25) is 0 Å². The van der Waals surface area contributed by atoms with E-state index in [0.29, 0.717) is 6.42 Å². The summed E-state index contributed by atoms with van der Waals surface area (Å²) in [6.07, 6.45) is 3.68. The van der Waals surface area contributed by atoms with Crippen LogP contribution >= 0.6 is 0 Å². The molecule has 0 aliphatic heterocycles. The first-order chi connectivity index (χ1) is 9.15. The van der Waals surface area contributed by atoms with Crippen molar-refractivity contribution in [2.75, 3.05) is 20.7 Å². The van der Waals surface area contributed by atoms with Crippen molar-refractivity contribution >= 4 is 5.97 Å². The molecule has 0 saturated carbocycles. The van der Waals surface area contributed by atoms with Gasteiger partial charge < -0.3 is 9.64 Å². The van der Waals surface area contributed by atoms with Crippen molar-refractivity contribution in [3.05, 3.63) is 35.4 Å². The lowest BCUT2D eigenvalue weighted by molar-refractivity contribution is -0.140. The molecular weight excluding hydrogens is 238 g/mol. The highest BCUT2D eigenvalue weighted by atomic mass is 16.5. The van der Waals surface area contributed by atoms with Crippen molar-refractivity contribution < 1.29 is 9.53 Å². The summed E-state index contributed by atoms with van der Waals surface area (Å²) in [5, 5.41) is 0. The molecule has 3 nitrogen and oxygen atoms in total. The largest absolute Gasteiger partial charge is 0.469 e. The fourth-order valence-corrected chi connectivity index (χ4v) is 2.09. The minimum absolute atomic E-state index is 0.127. The van der Waals surface area contributed by atoms with Gasteiger partial charge in [0.1, 0.15) is 0 Å². The number of carbonyl (C=O) groups is 1. The zero-order valence-corrected chi connectivity index (χ0v) is 12.3. The number of rotatable bonds is 8. The molecular formula is C16H25NO2. The Morgan fingerprint density at radius 3 is 2.42 bits per heavy atom. The topological polar surface area (TPSA) is 29.5 Å². The third-order valence-electron chi connectivity index (χ3n) is 3.16. The Labute approximate surface area is 116 Å². The van der Waals surface area contributed by atoms with Crippen LogP contribution in [0.2, 0.25) is 0 Å². The molecule has 0 amide bonds. The molecule has 0 aromatic heterocycles. The molecule has 0 saturated heterocycles. The van der Waals surface area contributed by atoms with Gasteiger partial charge in [-0.2, -0.15) is 0 Å². The van der Waals surface area contributed by atoms with Crippen LogP contribution in [0, 0.1) is 0 Å². The van der Waals surface area contributed by atoms with Crippen molar-refractivity contribution in [2.24, 2.45) is 0 Å². The molecule has 1 rings (SSSR count). The van der Waals surface area contributed by atoms with E-state index in [1.54, 1.807) is 0 Å². The Bertz CT molecular complexity index is 373. The van der Waals surface area contributed by atoms with Gasteiger partial charge in [0.05, 0.1) is 7.11 Å². The first kappa shape index (κ1) is 15.7. The number of carbonyl (C=O) groups excluding carboxylic acids is 1. The molecule has 0 spiro atoms. The van der Waals surface area contributed by atoms with Gasteiger partial charge in [-0.15, -0.1) is 0 Å². The lowest BCUT2D eigenvalue weighted by atomic mass is 10.1. The molecule has 0 unspecified atom stereocenters. The second-order valence-corrected chi connectivity index (χ2v) is 4.98. The summed E-state index contributed by atoms with van der Waals surface area (Å²) in [5.74, 6) is -0.127. The van der Waals surface area contributed by atoms with Crippen LogP contribution in [0.25, 0.3) is 0 Å². The van der Waals surface area contributed by atoms with Crippen LogP contribution in [-0.2, 0) is 22.5 Å². The fourth-order valence-electron chi connectivity index (χ4n) is 2.09. The van der Waals surface area contributed by atoms with Crippen molar-refractivity contribution in [1.82, 2.24) is 4.90 Å². The summed E-state index contributed by atoms with van der Waals surface area (Å²) in [6.45, 7) is 4.03. The van der Waals surface area contributed by atoms with Gasteiger partial charge in [0.25, 0.3) is 0 Å². The summed E-state index contributed by atoms with van der Waals surface area (Å²) in [4.78, 5) is 13.2. The van der Waals surface area contributed by atoms with Gasteiger partial charge in [-0.1, -0.05) is 37.6 Å². The molecule has 3 heteroatoms. The number of esters is 1. The van der Waals surface area contributed by atoms with E-state index in [1.165, 1.54) is 24.7 Å². The molecule has 19 heavy (non-hydrogen) atoms. The minimum Gasteiger partial charge on any atom is -0.469 e. The molecule has 0 aliphatic rings. The number of aryl methyl sites for hydroxylation is 1. The van der Waals surface area contributed by atoms with E-state index < -0.39 is 0 Å². The standard InChI is InChI=1S/C16H25NO2/c1-4-6-14-8-10-15(11-9-14)13-17(2)12-5-7-16(18)19-3/h8-11H,4-7,12-13H2,1-3H3. The smallest absolute Gasteiger partial charge is 0.305 e. The summed E-state index contributed by atoms with van der Waals surface area (Å²) in [5.41, 5.74) is 2.72. The average molecular weight is 263 g/mol. The van der Waals surface area contributed by atoms with Gasteiger partial charge in [-0.3, -0.25) is 4.79 Å². The number of nitrogens with zero attached hydrogens (tertiary/aromatic N) is 1. The summed E-state index contributed by atoms with van der Waals surface area (Å²) in [7, 11) is 3.52. The van der Waals surface area contributed by atoms with Crippen LogP contribution in [0.1, 0.15) is 37.3 Å². The first-order valence-corrected chi connectivity index (χ1v) is 6.99. The highest BCUT2D eigenvalue weighted by molar-refractivity contribution is 5.69. The van der Waals surface area contributed by atoms with E-state index in [0.717, 1.165) is 25.9 Å². The third-order valence-corrected chi connectivity index (χ3v) is 3.16. The highest BCUT2D eigenvalue weighted by Crippen LogP contribution is 2.09. The maximum atomic E-state index is 11.0. The SMILES string of the molecule is CCCc1ccc(CN(C)CCCC(=O)OC)cc1. The average Bonchev–Trinajstić information content (AvgIpc) is 2.41. The highest BCUT2D eigenvalue weighted by Gasteiger charge is 2.04. The number of ether oxygens (including phenoxy) is 1. The molecule has 0 bridgehead atoms. The summed E-state index contributed by atoms with van der Waals surface area (Å²) >= 11 is 0. The molecule has 1 aromatic carbocycles. The minimum atomic E-state index is -0.127. The van der Waals surface area contributed by atoms with E-state index in [1.807, 2.05) is 0 Å². The van der Waals surface area contributed by atoms with E-state index in [2.05, 4.69) is 47.9 Å². The lowest BCUT2D eigenvalue weighted by Crippen LogP contribution is -2.20. The summed E-state index contributed by atoms with van der Waals surface area (Å²) in [6, 6.07) is 8.81. The second kappa shape index (κ2) is 8.70. The number of methoxy groups -OCH3 is 1. The van der Waals surface area contributed by atoms with Crippen molar-refractivity contribution in [3.63, 3.8) is 0 Å². The van der Waals surface area contributed by atoms with Crippen molar-refractivity contribution in [3.8, 4) is 0 Å². The Hall–Kier alpha value is -1.35. The van der Waals surface area contributed by atoms with E-state index in [9.17, 15) is 4.79 Å². The van der Waals surface area contributed by atoms with Gasteiger partial charge in [0.15, 0.2) is 0 Å². The fraction of sp³-hybridized carbons (Fsp3) is 0.562. The monoisotopic (exact) mass is 263 g/mol. The van der Waals surface area contributed by atoms with E-state index in [-0.39, 0.29) is 5.97 Å². The zero-order chi connectivity index (χ0) is 14.1. The Morgan fingerprint density at radius 1 is 1.21 bits per heavy atom. The molecule has 0 atom stereocenters. The predicted molar refractivity (Wildman–Crippen MR) is 78.0 cm³/mol. The molecule has 0 heterocycles. The van der Waals surface area contributed by atoms with Crippen LogP contribution in [-0.4, -0.2) is 31.6 Å². The number of benzene rings is 1. The van der Waals surface area contributed by atoms with Crippen LogP contribution in [0.3, 0.4) is 0 Å². The van der Waals surface area contributed by atoms with E-state index in [4.69, 9.17) is 0 Å². The van der Waals surface area contributed by atoms with Gasteiger partial charge in [0, 0.05) is 13.0 Å². The normalized spacial score (nSPS) is 10.7. The predicted octanol–water partition coefficient (Wildman–Crippen LogP) is 3.02. The first-order valence-electron chi connectivity index (χ1n) is 6.99. The van der Waals surface area contributed by atoms with E-state index >= 15 is 0 Å². The van der Waals surface area contributed by atoms with Crippen LogP contribution in [0.15, 0.2) is 24.3 Å². The summed E-state index contributed by atoms with van der Waals surface area (Å²) < 4.78 is 4.63. The Kier molecular flexibility index (Phi) is 7.19. The molecule has 1 aromatic rings. The molecule has 0 aliphatic carbocycles. The van der Waals surface area contributed by atoms with Crippen LogP contribution in [0.4, 0.5) is 0 Å². The van der Waals surface area contributed by atoms with Gasteiger partial charge in [-0.25, -0.2) is 0 Å². The quantitative estimate of drug-likeness (QED) is 0.675. The lowest BCUT2D eigenvalue weighted by Gasteiger charge is -2.16. The third kappa shape index (κ3) is 6.39. The van der Waals surface area contributed by atoms with Crippen molar-refractivity contribution in [2.45, 2.75) is 39.2 Å². The van der Waals surface area contributed by atoms with Gasteiger partial charge >= 0.3 is 5.97 Å².